The van der Waals surface area contributed by atoms with E-state index in [1.807, 2.05) is 0 Å². The van der Waals surface area contributed by atoms with Gasteiger partial charge in [0, 0.05) is 12.6 Å². The number of nitrogens with zero attached hydrogens (tertiary/aromatic N) is 1. The Balaban J connectivity index is 1.80. The van der Waals surface area contributed by atoms with Crippen LogP contribution in [-0.4, -0.2) is 41.1 Å². The van der Waals surface area contributed by atoms with E-state index in [0.717, 1.165) is 25.7 Å². The third-order valence-corrected chi connectivity index (χ3v) is 3.91. The molecule has 0 atom stereocenters. The predicted molar refractivity (Wildman–Crippen MR) is 67.3 cm³/mol. The van der Waals surface area contributed by atoms with E-state index in [2.05, 4.69) is 12.2 Å². The lowest BCUT2D eigenvalue weighted by atomic mass is 10.0. The molecule has 2 amide bonds. The van der Waals surface area contributed by atoms with Gasteiger partial charge in [0.2, 0.25) is 0 Å². The van der Waals surface area contributed by atoms with Crippen molar-refractivity contribution >= 4 is 12.0 Å². The number of carbonyl (C=O) groups excluding carboxylic acids is 1. The zero-order chi connectivity index (χ0) is 13.2. The minimum Gasteiger partial charge on any atom is -0.480 e. The number of amides is 2. The molecule has 5 nitrogen and oxygen atoms in total. The van der Waals surface area contributed by atoms with Crippen molar-refractivity contribution < 1.29 is 14.7 Å². The van der Waals surface area contributed by atoms with Crippen LogP contribution in [0.25, 0.3) is 0 Å². The Bertz CT molecular complexity index is 335. The molecule has 0 unspecified atom stereocenters. The third-order valence-electron chi connectivity index (χ3n) is 3.91. The van der Waals surface area contributed by atoms with Crippen LogP contribution in [-0.2, 0) is 4.79 Å². The first-order valence-electron chi connectivity index (χ1n) is 6.82. The van der Waals surface area contributed by atoms with Gasteiger partial charge in [-0.1, -0.05) is 13.3 Å². The fourth-order valence-corrected chi connectivity index (χ4v) is 2.49. The van der Waals surface area contributed by atoms with Crippen LogP contribution >= 0.6 is 0 Å². The highest BCUT2D eigenvalue weighted by Gasteiger charge is 2.42. The normalized spacial score (nSPS) is 20.3. The Morgan fingerprint density at radius 2 is 2.06 bits per heavy atom. The fourth-order valence-electron chi connectivity index (χ4n) is 2.49. The van der Waals surface area contributed by atoms with Crippen LogP contribution in [0.5, 0.6) is 0 Å². The Labute approximate surface area is 108 Å². The average molecular weight is 254 g/mol. The van der Waals surface area contributed by atoms with Crippen LogP contribution in [0.4, 0.5) is 4.79 Å². The topological polar surface area (TPSA) is 69.6 Å². The largest absolute Gasteiger partial charge is 0.480 e. The molecule has 0 heterocycles. The van der Waals surface area contributed by atoms with Gasteiger partial charge in [-0.25, -0.2) is 4.79 Å². The molecule has 2 aliphatic carbocycles. The lowest BCUT2D eigenvalue weighted by Crippen LogP contribution is -2.45. The molecular weight excluding hydrogens is 232 g/mol. The summed E-state index contributed by atoms with van der Waals surface area (Å²) in [5, 5.41) is 11.7. The molecule has 0 bridgehead atoms. The number of carboxylic acids is 1. The maximum atomic E-state index is 12.0. The number of rotatable bonds is 7. The molecule has 0 aliphatic heterocycles. The van der Waals surface area contributed by atoms with Gasteiger partial charge in [0.15, 0.2) is 0 Å². The van der Waals surface area contributed by atoms with E-state index in [0.29, 0.717) is 12.0 Å². The van der Waals surface area contributed by atoms with Gasteiger partial charge in [-0.2, -0.15) is 0 Å². The monoisotopic (exact) mass is 254 g/mol. The lowest BCUT2D eigenvalue weighted by molar-refractivity contribution is -0.137. The first kappa shape index (κ1) is 13.2. The van der Waals surface area contributed by atoms with Gasteiger partial charge < -0.3 is 15.3 Å². The number of hydrogen-bond acceptors (Lipinski definition) is 2. The summed E-state index contributed by atoms with van der Waals surface area (Å²) in [6.45, 7) is 2.67. The van der Waals surface area contributed by atoms with Gasteiger partial charge in [-0.05, 0) is 37.5 Å². The van der Waals surface area contributed by atoms with Crippen LogP contribution in [0, 0.1) is 5.41 Å². The van der Waals surface area contributed by atoms with Crippen LogP contribution in [0.15, 0.2) is 0 Å². The molecule has 102 valence electrons. The Kier molecular flexibility index (Phi) is 3.78. The summed E-state index contributed by atoms with van der Waals surface area (Å²) >= 11 is 0. The molecular formula is C13H22N2O3. The molecule has 0 saturated heterocycles. The quantitative estimate of drug-likeness (QED) is 0.728. The van der Waals surface area contributed by atoms with E-state index in [1.165, 1.54) is 17.7 Å². The van der Waals surface area contributed by atoms with Crippen LogP contribution in [0.3, 0.4) is 0 Å². The summed E-state index contributed by atoms with van der Waals surface area (Å²) in [5.41, 5.74) is 0.308. The van der Waals surface area contributed by atoms with Crippen molar-refractivity contribution in [2.24, 2.45) is 5.41 Å². The Morgan fingerprint density at radius 1 is 1.39 bits per heavy atom. The van der Waals surface area contributed by atoms with E-state index in [-0.39, 0.29) is 18.6 Å². The minimum atomic E-state index is -0.938. The van der Waals surface area contributed by atoms with Crippen molar-refractivity contribution in [1.29, 1.82) is 0 Å². The molecule has 0 aromatic carbocycles. The molecule has 5 heteroatoms. The molecule has 2 fully saturated rings. The summed E-state index contributed by atoms with van der Waals surface area (Å²) in [7, 11) is 0. The van der Waals surface area contributed by atoms with E-state index in [4.69, 9.17) is 5.11 Å². The van der Waals surface area contributed by atoms with Gasteiger partial charge in [0.05, 0.1) is 0 Å². The molecule has 18 heavy (non-hydrogen) atoms. The highest BCUT2D eigenvalue weighted by atomic mass is 16.4. The number of nitrogens with one attached hydrogen (secondary N) is 1. The molecule has 0 spiro atoms. The maximum Gasteiger partial charge on any atom is 0.323 e. The summed E-state index contributed by atoms with van der Waals surface area (Å²) in [5.74, 6) is -0.938. The predicted octanol–water partition coefficient (Wildman–Crippen LogP) is 1.83. The van der Waals surface area contributed by atoms with Gasteiger partial charge in [-0.15, -0.1) is 0 Å². The van der Waals surface area contributed by atoms with Gasteiger partial charge >= 0.3 is 12.0 Å². The molecule has 2 rings (SSSR count). The molecule has 2 saturated carbocycles. The van der Waals surface area contributed by atoms with Gasteiger partial charge in [0.25, 0.3) is 0 Å². The second-order valence-electron chi connectivity index (χ2n) is 5.66. The average Bonchev–Trinajstić information content (AvgIpc) is 3.18. The highest BCUT2D eigenvalue weighted by Crippen LogP contribution is 2.48. The van der Waals surface area contributed by atoms with E-state index in [9.17, 15) is 9.59 Å². The van der Waals surface area contributed by atoms with E-state index in [1.54, 1.807) is 0 Å². The number of hydrogen-bond donors (Lipinski definition) is 2. The van der Waals surface area contributed by atoms with E-state index >= 15 is 0 Å². The summed E-state index contributed by atoms with van der Waals surface area (Å²) < 4.78 is 0. The second-order valence-corrected chi connectivity index (χ2v) is 5.66. The molecule has 2 N–H and O–H groups in total. The smallest absolute Gasteiger partial charge is 0.323 e. The van der Waals surface area contributed by atoms with Crippen molar-refractivity contribution in [3.05, 3.63) is 0 Å². The summed E-state index contributed by atoms with van der Waals surface area (Å²) in [6, 6.07) is -0.0651. The SMILES string of the molecule is CCCC1(CNC(=O)N(CC(=O)O)C2CC2)CC1. The zero-order valence-corrected chi connectivity index (χ0v) is 10.9. The van der Waals surface area contributed by atoms with Crippen molar-refractivity contribution in [3.8, 4) is 0 Å². The van der Waals surface area contributed by atoms with Crippen molar-refractivity contribution in [2.75, 3.05) is 13.1 Å². The number of aliphatic carboxylic acids is 1. The lowest BCUT2D eigenvalue weighted by Gasteiger charge is -2.23. The van der Waals surface area contributed by atoms with Gasteiger partial charge in [-0.3, -0.25) is 4.79 Å². The standard InChI is InChI=1S/C13H22N2O3/c1-2-5-13(6-7-13)9-14-12(18)15(8-11(16)17)10-3-4-10/h10H,2-9H2,1H3,(H,14,18)(H,16,17). The Morgan fingerprint density at radius 3 is 2.50 bits per heavy atom. The van der Waals surface area contributed by atoms with Gasteiger partial charge in [0.1, 0.15) is 6.54 Å². The third kappa shape index (κ3) is 3.37. The minimum absolute atomic E-state index is 0.141. The highest BCUT2D eigenvalue weighted by molar-refractivity contribution is 5.80. The maximum absolute atomic E-state index is 12.0. The zero-order valence-electron chi connectivity index (χ0n) is 10.9. The van der Waals surface area contributed by atoms with Crippen LogP contribution < -0.4 is 5.32 Å². The van der Waals surface area contributed by atoms with Crippen LogP contribution in [0.2, 0.25) is 0 Å². The molecule has 0 radical (unpaired) electrons. The van der Waals surface area contributed by atoms with Crippen LogP contribution in [0.1, 0.15) is 45.4 Å². The molecule has 0 aromatic heterocycles. The first-order chi connectivity index (χ1) is 8.56. The Hall–Kier alpha value is -1.26. The number of carbonyl (C=O) groups is 2. The second kappa shape index (κ2) is 5.16. The van der Waals surface area contributed by atoms with Crippen molar-refractivity contribution in [1.82, 2.24) is 10.2 Å². The number of urea groups is 1. The summed E-state index contributed by atoms with van der Waals surface area (Å²) in [4.78, 5) is 24.2. The van der Waals surface area contributed by atoms with Crippen molar-refractivity contribution in [2.45, 2.75) is 51.5 Å². The van der Waals surface area contributed by atoms with E-state index < -0.39 is 5.97 Å². The molecule has 0 aromatic rings. The van der Waals surface area contributed by atoms with Crippen molar-refractivity contribution in [3.63, 3.8) is 0 Å². The fraction of sp³-hybridized carbons (Fsp3) is 0.846. The first-order valence-corrected chi connectivity index (χ1v) is 6.82. The summed E-state index contributed by atoms with van der Waals surface area (Å²) in [6.07, 6.45) is 6.52. The molecule has 2 aliphatic rings. The number of carboxylic acid groups (broad SMARTS) is 1.